The number of hydrogen-bond donors (Lipinski definition) is 1. The van der Waals surface area contributed by atoms with Crippen LogP contribution in [0.3, 0.4) is 0 Å². The first-order valence-corrected chi connectivity index (χ1v) is 4.00. The Labute approximate surface area is 77.2 Å². The van der Waals surface area contributed by atoms with E-state index >= 15 is 0 Å². The first-order chi connectivity index (χ1) is 5.52. The molecule has 0 saturated heterocycles. The largest absolute Gasteiger partial charge is 0.478 e. The van der Waals surface area contributed by atoms with Gasteiger partial charge in [-0.2, -0.15) is 0 Å². The summed E-state index contributed by atoms with van der Waals surface area (Å²) in [5.74, 6) is -1.67. The van der Waals surface area contributed by atoms with Crippen LogP contribution in [0.1, 0.15) is 15.9 Å². The van der Waals surface area contributed by atoms with Crippen molar-refractivity contribution in [2.24, 2.45) is 0 Å². The van der Waals surface area contributed by atoms with Crippen LogP contribution in [-0.4, -0.2) is 11.1 Å². The van der Waals surface area contributed by atoms with Crippen LogP contribution in [0.2, 0.25) is 0 Å². The van der Waals surface area contributed by atoms with Crippen molar-refractivity contribution in [1.29, 1.82) is 0 Å². The number of carboxylic acid groups (broad SMARTS) is 1. The van der Waals surface area contributed by atoms with E-state index in [0.717, 1.165) is 6.07 Å². The van der Waals surface area contributed by atoms with Crippen LogP contribution in [0.25, 0.3) is 0 Å². The van der Waals surface area contributed by atoms with E-state index in [-0.39, 0.29) is 5.56 Å². The number of aromatic carboxylic acids is 1. The van der Waals surface area contributed by atoms with E-state index in [9.17, 15) is 9.18 Å². The third-order valence-electron chi connectivity index (χ3n) is 1.54. The topological polar surface area (TPSA) is 37.3 Å². The maximum atomic E-state index is 12.7. The monoisotopic (exact) mass is 232 g/mol. The zero-order valence-electron chi connectivity index (χ0n) is 6.27. The molecule has 1 N–H and O–H groups in total. The Balaban J connectivity index is 3.37. The van der Waals surface area contributed by atoms with Crippen molar-refractivity contribution in [1.82, 2.24) is 0 Å². The molecule has 1 rings (SSSR count). The standard InChI is InChI=1S/C8H6BrFO2/c1-4-6(8(11)12)2-5(10)3-7(4)9/h2-3H,1H3,(H,11,12). The van der Waals surface area contributed by atoms with Crippen molar-refractivity contribution in [2.75, 3.05) is 0 Å². The summed E-state index contributed by atoms with van der Waals surface area (Å²) < 4.78 is 13.1. The normalized spacial score (nSPS) is 9.92. The van der Waals surface area contributed by atoms with Gasteiger partial charge in [-0.25, -0.2) is 9.18 Å². The number of hydrogen-bond acceptors (Lipinski definition) is 1. The van der Waals surface area contributed by atoms with Gasteiger partial charge in [0.15, 0.2) is 0 Å². The third kappa shape index (κ3) is 1.64. The smallest absolute Gasteiger partial charge is 0.336 e. The zero-order chi connectivity index (χ0) is 9.30. The molecular weight excluding hydrogens is 227 g/mol. The second-order valence-electron chi connectivity index (χ2n) is 2.37. The van der Waals surface area contributed by atoms with Gasteiger partial charge >= 0.3 is 5.97 Å². The van der Waals surface area contributed by atoms with Gasteiger partial charge in [0.2, 0.25) is 0 Å². The zero-order valence-corrected chi connectivity index (χ0v) is 7.85. The third-order valence-corrected chi connectivity index (χ3v) is 2.36. The minimum atomic E-state index is -1.12. The Morgan fingerprint density at radius 1 is 1.58 bits per heavy atom. The summed E-state index contributed by atoms with van der Waals surface area (Å²) in [6, 6.07) is 2.24. The molecule has 0 fully saturated rings. The summed E-state index contributed by atoms with van der Waals surface area (Å²) in [6.45, 7) is 1.62. The lowest BCUT2D eigenvalue weighted by atomic mass is 10.1. The molecule has 0 radical (unpaired) electrons. The van der Waals surface area contributed by atoms with Crippen LogP contribution in [0.4, 0.5) is 4.39 Å². The average molecular weight is 233 g/mol. The minimum absolute atomic E-state index is 0.0122. The summed E-state index contributed by atoms with van der Waals surface area (Å²) in [5.41, 5.74) is 0.519. The lowest BCUT2D eigenvalue weighted by Gasteiger charge is -2.02. The predicted molar refractivity (Wildman–Crippen MR) is 45.8 cm³/mol. The molecule has 0 atom stereocenters. The molecule has 0 spiro atoms. The van der Waals surface area contributed by atoms with Crippen molar-refractivity contribution in [3.05, 3.63) is 33.5 Å². The van der Waals surface area contributed by atoms with E-state index in [4.69, 9.17) is 5.11 Å². The second-order valence-corrected chi connectivity index (χ2v) is 3.22. The van der Waals surface area contributed by atoms with Gasteiger partial charge in [-0.15, -0.1) is 0 Å². The lowest BCUT2D eigenvalue weighted by Crippen LogP contribution is -2.00. The number of halogens is 2. The molecule has 0 aliphatic carbocycles. The Bertz CT molecular complexity index is 336. The van der Waals surface area contributed by atoms with Crippen LogP contribution in [-0.2, 0) is 0 Å². The molecule has 0 amide bonds. The fourth-order valence-electron chi connectivity index (χ4n) is 0.868. The summed E-state index contributed by atoms with van der Waals surface area (Å²) in [7, 11) is 0. The predicted octanol–water partition coefficient (Wildman–Crippen LogP) is 2.59. The van der Waals surface area contributed by atoms with E-state index in [1.165, 1.54) is 6.07 Å². The first kappa shape index (κ1) is 9.19. The molecule has 1 aromatic carbocycles. The second kappa shape index (κ2) is 3.23. The first-order valence-electron chi connectivity index (χ1n) is 3.21. The maximum Gasteiger partial charge on any atom is 0.336 e. The van der Waals surface area contributed by atoms with Crippen molar-refractivity contribution in [2.45, 2.75) is 6.92 Å². The summed E-state index contributed by atoms with van der Waals surface area (Å²) in [4.78, 5) is 10.5. The van der Waals surface area contributed by atoms with Crippen molar-refractivity contribution < 1.29 is 14.3 Å². The number of benzene rings is 1. The highest BCUT2D eigenvalue weighted by atomic mass is 79.9. The molecule has 0 heterocycles. The van der Waals surface area contributed by atoms with E-state index in [0.29, 0.717) is 10.0 Å². The van der Waals surface area contributed by atoms with Gasteiger partial charge in [0.25, 0.3) is 0 Å². The average Bonchev–Trinajstić information content (AvgIpc) is 1.96. The molecule has 0 unspecified atom stereocenters. The molecule has 0 aliphatic heterocycles. The van der Waals surface area contributed by atoms with Crippen molar-refractivity contribution >= 4 is 21.9 Å². The molecule has 4 heteroatoms. The Kier molecular flexibility index (Phi) is 2.47. The fourth-order valence-corrected chi connectivity index (χ4v) is 1.30. The van der Waals surface area contributed by atoms with Crippen LogP contribution >= 0.6 is 15.9 Å². The van der Waals surface area contributed by atoms with Gasteiger partial charge in [0.05, 0.1) is 5.56 Å². The quantitative estimate of drug-likeness (QED) is 0.809. The lowest BCUT2D eigenvalue weighted by molar-refractivity contribution is 0.0695. The molecule has 64 valence electrons. The highest BCUT2D eigenvalue weighted by Gasteiger charge is 2.10. The maximum absolute atomic E-state index is 12.7. The summed E-state index contributed by atoms with van der Waals surface area (Å²) in [5, 5.41) is 8.63. The van der Waals surface area contributed by atoms with Crippen LogP contribution in [0, 0.1) is 12.7 Å². The molecule has 0 aliphatic rings. The van der Waals surface area contributed by atoms with E-state index in [2.05, 4.69) is 15.9 Å². The Morgan fingerprint density at radius 3 is 2.67 bits per heavy atom. The molecule has 12 heavy (non-hydrogen) atoms. The number of carbonyl (C=O) groups is 1. The molecular formula is C8H6BrFO2. The van der Waals surface area contributed by atoms with Crippen molar-refractivity contribution in [3.63, 3.8) is 0 Å². The SMILES string of the molecule is Cc1c(Br)cc(F)cc1C(=O)O. The van der Waals surface area contributed by atoms with Crippen LogP contribution in [0.15, 0.2) is 16.6 Å². The van der Waals surface area contributed by atoms with Gasteiger partial charge in [0.1, 0.15) is 5.82 Å². The van der Waals surface area contributed by atoms with Gasteiger partial charge in [-0.3, -0.25) is 0 Å². The van der Waals surface area contributed by atoms with Gasteiger partial charge in [-0.1, -0.05) is 15.9 Å². The molecule has 2 nitrogen and oxygen atoms in total. The molecule has 1 aromatic rings. The molecule has 0 aromatic heterocycles. The Morgan fingerprint density at radius 2 is 2.17 bits per heavy atom. The van der Waals surface area contributed by atoms with E-state index < -0.39 is 11.8 Å². The Hall–Kier alpha value is -0.900. The van der Waals surface area contributed by atoms with Gasteiger partial charge in [0, 0.05) is 4.47 Å². The number of carboxylic acids is 1. The molecule has 0 saturated carbocycles. The van der Waals surface area contributed by atoms with Gasteiger partial charge in [-0.05, 0) is 24.6 Å². The van der Waals surface area contributed by atoms with E-state index in [1.807, 2.05) is 0 Å². The highest BCUT2D eigenvalue weighted by molar-refractivity contribution is 9.10. The summed E-state index contributed by atoms with van der Waals surface area (Å²) >= 11 is 3.06. The number of rotatable bonds is 1. The minimum Gasteiger partial charge on any atom is -0.478 e. The van der Waals surface area contributed by atoms with Crippen LogP contribution in [0.5, 0.6) is 0 Å². The summed E-state index contributed by atoms with van der Waals surface area (Å²) in [6.07, 6.45) is 0. The van der Waals surface area contributed by atoms with Crippen molar-refractivity contribution in [3.8, 4) is 0 Å². The van der Waals surface area contributed by atoms with E-state index in [1.54, 1.807) is 6.92 Å². The fraction of sp³-hybridized carbons (Fsp3) is 0.125. The van der Waals surface area contributed by atoms with Gasteiger partial charge < -0.3 is 5.11 Å². The van der Waals surface area contributed by atoms with Crippen LogP contribution < -0.4 is 0 Å². The molecule has 0 bridgehead atoms. The highest BCUT2D eigenvalue weighted by Crippen LogP contribution is 2.21.